The monoisotopic (exact) mass is 322 g/mol. The summed E-state index contributed by atoms with van der Waals surface area (Å²) in [6, 6.07) is 10.2. The van der Waals surface area contributed by atoms with Crippen LogP contribution in [0.15, 0.2) is 42.5 Å². The Morgan fingerprint density at radius 2 is 1.70 bits per heavy atom. The normalized spacial score (nSPS) is 11.2. The van der Waals surface area contributed by atoms with Gasteiger partial charge in [0, 0.05) is 11.4 Å². The van der Waals surface area contributed by atoms with Crippen molar-refractivity contribution < 1.29 is 18.0 Å². The van der Waals surface area contributed by atoms with Crippen molar-refractivity contribution in [1.82, 2.24) is 0 Å². The van der Waals surface area contributed by atoms with Gasteiger partial charge in [0.15, 0.2) is 0 Å². The maximum absolute atomic E-state index is 12.5. The van der Waals surface area contributed by atoms with E-state index in [1.54, 1.807) is 6.07 Å². The van der Waals surface area contributed by atoms with Crippen LogP contribution in [0.5, 0.6) is 0 Å². The van der Waals surface area contributed by atoms with Crippen LogP contribution in [-0.2, 0) is 11.0 Å². The van der Waals surface area contributed by atoms with E-state index in [-0.39, 0.29) is 12.5 Å². The molecule has 0 fully saturated rings. The Hall–Kier alpha value is -2.50. The fourth-order valence-corrected chi connectivity index (χ4v) is 2.04. The number of hydrogen-bond donors (Lipinski definition) is 2. The van der Waals surface area contributed by atoms with Crippen LogP contribution in [0, 0.1) is 13.8 Å². The molecule has 0 radical (unpaired) electrons. The van der Waals surface area contributed by atoms with E-state index in [9.17, 15) is 18.0 Å². The average molecular weight is 322 g/mol. The van der Waals surface area contributed by atoms with E-state index in [2.05, 4.69) is 10.6 Å². The van der Waals surface area contributed by atoms with Gasteiger partial charge in [-0.05, 0) is 55.3 Å². The molecule has 122 valence electrons. The van der Waals surface area contributed by atoms with Crippen molar-refractivity contribution in [3.05, 3.63) is 59.2 Å². The number of carbonyl (C=O) groups is 1. The average Bonchev–Trinajstić information content (AvgIpc) is 2.49. The second kappa shape index (κ2) is 6.73. The molecule has 2 aromatic carbocycles. The van der Waals surface area contributed by atoms with Gasteiger partial charge in [-0.15, -0.1) is 0 Å². The molecule has 1 amide bonds. The molecule has 0 atom stereocenters. The Morgan fingerprint density at radius 3 is 2.30 bits per heavy atom. The number of anilines is 2. The Balaban J connectivity index is 1.93. The van der Waals surface area contributed by atoms with Gasteiger partial charge < -0.3 is 10.6 Å². The zero-order valence-electron chi connectivity index (χ0n) is 12.8. The summed E-state index contributed by atoms with van der Waals surface area (Å²) in [5.74, 6) is -0.265. The van der Waals surface area contributed by atoms with Gasteiger partial charge in [0.1, 0.15) is 0 Å². The molecule has 0 aromatic heterocycles. The molecule has 0 heterocycles. The zero-order chi connectivity index (χ0) is 17.0. The molecular weight excluding hydrogens is 305 g/mol. The SMILES string of the molecule is Cc1cccc(NC(=O)CNc2ccc(C(F)(F)F)cc2)c1C. The van der Waals surface area contributed by atoms with E-state index in [1.165, 1.54) is 12.1 Å². The van der Waals surface area contributed by atoms with Crippen LogP contribution < -0.4 is 10.6 Å². The molecule has 6 heteroatoms. The molecule has 0 spiro atoms. The van der Waals surface area contributed by atoms with Crippen molar-refractivity contribution in [2.75, 3.05) is 17.2 Å². The standard InChI is InChI=1S/C17H17F3N2O/c1-11-4-3-5-15(12(11)2)22-16(23)10-21-14-8-6-13(7-9-14)17(18,19)20/h3-9,21H,10H2,1-2H3,(H,22,23). The molecule has 0 saturated carbocycles. The summed E-state index contributed by atoms with van der Waals surface area (Å²) in [5.41, 5.74) is 2.51. The minimum atomic E-state index is -4.36. The van der Waals surface area contributed by atoms with Gasteiger partial charge in [0.2, 0.25) is 5.91 Å². The predicted octanol–water partition coefficient (Wildman–Crippen LogP) is 4.37. The molecule has 2 rings (SSSR count). The molecule has 0 unspecified atom stereocenters. The Morgan fingerprint density at radius 1 is 1.04 bits per heavy atom. The largest absolute Gasteiger partial charge is 0.416 e. The molecule has 2 aromatic rings. The maximum atomic E-state index is 12.5. The first-order valence-corrected chi connectivity index (χ1v) is 7.04. The van der Waals surface area contributed by atoms with E-state index >= 15 is 0 Å². The molecule has 23 heavy (non-hydrogen) atoms. The van der Waals surface area contributed by atoms with Crippen LogP contribution in [0.3, 0.4) is 0 Å². The van der Waals surface area contributed by atoms with Crippen LogP contribution >= 0.6 is 0 Å². The summed E-state index contributed by atoms with van der Waals surface area (Å²) in [7, 11) is 0. The summed E-state index contributed by atoms with van der Waals surface area (Å²) in [6.45, 7) is 3.83. The summed E-state index contributed by atoms with van der Waals surface area (Å²) >= 11 is 0. The third-order valence-corrected chi connectivity index (χ3v) is 3.54. The van der Waals surface area contributed by atoms with Crippen molar-refractivity contribution >= 4 is 17.3 Å². The van der Waals surface area contributed by atoms with Crippen molar-refractivity contribution in [3.8, 4) is 0 Å². The molecule has 2 N–H and O–H groups in total. The number of halogens is 3. The number of carbonyl (C=O) groups excluding carboxylic acids is 1. The van der Waals surface area contributed by atoms with Gasteiger partial charge >= 0.3 is 6.18 Å². The second-order valence-electron chi connectivity index (χ2n) is 5.22. The van der Waals surface area contributed by atoms with Crippen molar-refractivity contribution in [3.63, 3.8) is 0 Å². The van der Waals surface area contributed by atoms with Gasteiger partial charge in [0.05, 0.1) is 12.1 Å². The Kier molecular flexibility index (Phi) is 4.93. The number of rotatable bonds is 4. The third kappa shape index (κ3) is 4.48. The minimum Gasteiger partial charge on any atom is -0.376 e. The lowest BCUT2D eigenvalue weighted by atomic mass is 10.1. The van der Waals surface area contributed by atoms with Crippen LogP contribution in [0.2, 0.25) is 0 Å². The minimum absolute atomic E-state index is 0.0290. The predicted molar refractivity (Wildman–Crippen MR) is 84.5 cm³/mol. The molecular formula is C17H17F3N2O. The van der Waals surface area contributed by atoms with Gasteiger partial charge in [-0.1, -0.05) is 12.1 Å². The highest BCUT2D eigenvalue weighted by atomic mass is 19.4. The zero-order valence-corrected chi connectivity index (χ0v) is 12.8. The van der Waals surface area contributed by atoms with Gasteiger partial charge in [-0.2, -0.15) is 13.2 Å². The van der Waals surface area contributed by atoms with E-state index in [4.69, 9.17) is 0 Å². The van der Waals surface area contributed by atoms with Gasteiger partial charge in [0.25, 0.3) is 0 Å². The van der Waals surface area contributed by atoms with E-state index in [0.29, 0.717) is 5.69 Å². The first kappa shape index (κ1) is 16.9. The number of benzene rings is 2. The number of nitrogens with one attached hydrogen (secondary N) is 2. The lowest BCUT2D eigenvalue weighted by molar-refractivity contribution is -0.137. The molecule has 3 nitrogen and oxygen atoms in total. The Labute approximate surface area is 132 Å². The number of hydrogen-bond acceptors (Lipinski definition) is 2. The lowest BCUT2D eigenvalue weighted by Gasteiger charge is -2.12. The molecule has 0 aliphatic rings. The quantitative estimate of drug-likeness (QED) is 0.877. The summed E-state index contributed by atoms with van der Waals surface area (Å²) in [5, 5.41) is 5.57. The first-order chi connectivity index (χ1) is 10.8. The van der Waals surface area contributed by atoms with Crippen molar-refractivity contribution in [1.29, 1.82) is 0 Å². The lowest BCUT2D eigenvalue weighted by Crippen LogP contribution is -2.22. The smallest absolute Gasteiger partial charge is 0.376 e. The summed E-state index contributed by atoms with van der Waals surface area (Å²) < 4.78 is 37.4. The highest BCUT2D eigenvalue weighted by Crippen LogP contribution is 2.29. The molecule has 0 aliphatic heterocycles. The highest BCUT2D eigenvalue weighted by molar-refractivity contribution is 5.94. The fourth-order valence-electron chi connectivity index (χ4n) is 2.04. The number of amides is 1. The topological polar surface area (TPSA) is 41.1 Å². The van der Waals surface area contributed by atoms with Crippen LogP contribution in [0.4, 0.5) is 24.5 Å². The maximum Gasteiger partial charge on any atom is 0.416 e. The fraction of sp³-hybridized carbons (Fsp3) is 0.235. The first-order valence-electron chi connectivity index (χ1n) is 7.04. The molecule has 0 aliphatic carbocycles. The third-order valence-electron chi connectivity index (χ3n) is 3.54. The number of alkyl halides is 3. The van der Waals surface area contributed by atoms with Crippen LogP contribution in [0.1, 0.15) is 16.7 Å². The van der Waals surface area contributed by atoms with E-state index in [0.717, 1.165) is 28.9 Å². The van der Waals surface area contributed by atoms with E-state index in [1.807, 2.05) is 26.0 Å². The van der Waals surface area contributed by atoms with Crippen molar-refractivity contribution in [2.45, 2.75) is 20.0 Å². The van der Waals surface area contributed by atoms with Crippen LogP contribution in [-0.4, -0.2) is 12.5 Å². The highest BCUT2D eigenvalue weighted by Gasteiger charge is 2.29. The van der Waals surface area contributed by atoms with Crippen LogP contribution in [0.25, 0.3) is 0 Å². The second-order valence-corrected chi connectivity index (χ2v) is 5.22. The summed E-state index contributed by atoms with van der Waals surface area (Å²) in [4.78, 5) is 11.9. The summed E-state index contributed by atoms with van der Waals surface area (Å²) in [6.07, 6.45) is -4.36. The molecule has 0 saturated heterocycles. The number of aryl methyl sites for hydroxylation is 1. The van der Waals surface area contributed by atoms with Gasteiger partial charge in [-0.25, -0.2) is 0 Å². The van der Waals surface area contributed by atoms with Crippen molar-refractivity contribution in [2.24, 2.45) is 0 Å². The van der Waals surface area contributed by atoms with E-state index < -0.39 is 11.7 Å². The van der Waals surface area contributed by atoms with Gasteiger partial charge in [-0.3, -0.25) is 4.79 Å². The Bertz CT molecular complexity index is 694. The molecule has 0 bridgehead atoms.